The third-order valence-corrected chi connectivity index (χ3v) is 4.67. The zero-order chi connectivity index (χ0) is 21.1. The zero-order valence-corrected chi connectivity index (χ0v) is 17.5. The number of nitrogens with one attached hydrogen (secondary N) is 2. The maximum Gasteiger partial charge on any atom is 0.174 e. The molecule has 3 rings (SSSR count). The van der Waals surface area contributed by atoms with Crippen LogP contribution in [0.2, 0.25) is 0 Å². The second-order valence-electron chi connectivity index (χ2n) is 6.93. The van der Waals surface area contributed by atoms with Crippen molar-refractivity contribution in [3.63, 3.8) is 0 Å². The first kappa shape index (κ1) is 22.6. The molecule has 2 aromatic rings. The molecule has 6 heteroatoms. The van der Waals surface area contributed by atoms with Gasteiger partial charge >= 0.3 is 0 Å². The molecule has 1 aromatic heterocycles. The summed E-state index contributed by atoms with van der Waals surface area (Å²) in [6.45, 7) is 8.45. The highest BCUT2D eigenvalue weighted by molar-refractivity contribution is 5.74. The van der Waals surface area contributed by atoms with E-state index in [-0.39, 0.29) is 5.76 Å². The van der Waals surface area contributed by atoms with Gasteiger partial charge in [0.25, 0.3) is 0 Å². The Kier molecular flexibility index (Phi) is 9.31. The zero-order valence-electron chi connectivity index (χ0n) is 17.5. The quantitative estimate of drug-likeness (QED) is 0.467. The highest BCUT2D eigenvalue weighted by Gasteiger charge is 2.09. The Morgan fingerprint density at radius 1 is 1.21 bits per heavy atom. The van der Waals surface area contributed by atoms with Gasteiger partial charge in [0.15, 0.2) is 11.6 Å². The summed E-state index contributed by atoms with van der Waals surface area (Å²) in [7, 11) is 0. The van der Waals surface area contributed by atoms with Crippen molar-refractivity contribution in [2.45, 2.75) is 46.6 Å². The molecule has 1 aliphatic heterocycles. The maximum atomic E-state index is 14.1. The number of hydrogen-bond acceptors (Lipinski definition) is 5. The van der Waals surface area contributed by atoms with Gasteiger partial charge in [-0.05, 0) is 70.0 Å². The molecule has 0 aliphatic carbocycles. The van der Waals surface area contributed by atoms with Gasteiger partial charge in [-0.3, -0.25) is 9.97 Å². The third kappa shape index (κ3) is 7.31. The molecule has 0 saturated carbocycles. The number of aromatic nitrogens is 2. The molecule has 0 unspecified atom stereocenters. The minimum Gasteiger partial charge on any atom is -0.503 e. The Balaban J connectivity index is 0.000000521. The van der Waals surface area contributed by atoms with Crippen molar-refractivity contribution in [1.29, 1.82) is 0 Å². The fraction of sp³-hybridized carbons (Fsp3) is 0.391. The van der Waals surface area contributed by atoms with Gasteiger partial charge in [-0.2, -0.15) is 0 Å². The summed E-state index contributed by atoms with van der Waals surface area (Å²) in [6, 6.07) is 5.73. The molecule has 1 aromatic carbocycles. The van der Waals surface area contributed by atoms with Gasteiger partial charge in [0, 0.05) is 18.9 Å². The van der Waals surface area contributed by atoms with Gasteiger partial charge in [0.05, 0.1) is 16.7 Å². The van der Waals surface area contributed by atoms with Crippen LogP contribution in [0.3, 0.4) is 0 Å². The highest BCUT2D eigenvalue weighted by Crippen LogP contribution is 2.17. The first-order valence-corrected chi connectivity index (χ1v) is 10.1. The van der Waals surface area contributed by atoms with Crippen molar-refractivity contribution in [2.75, 3.05) is 13.1 Å². The van der Waals surface area contributed by atoms with Crippen LogP contribution in [-0.4, -0.2) is 28.2 Å². The van der Waals surface area contributed by atoms with Crippen LogP contribution >= 0.6 is 0 Å². The van der Waals surface area contributed by atoms with E-state index in [0.717, 1.165) is 28.6 Å². The summed E-state index contributed by atoms with van der Waals surface area (Å²) in [5.74, 6) is -1.02. The summed E-state index contributed by atoms with van der Waals surface area (Å²) in [5, 5.41) is 16.4. The SMILES string of the molecule is C1CCNC1.C\C=C(NCc1ccc2nccnc2c1)/C(O)=C(F)\C=C(/C)CC. The number of allylic oxidation sites excluding steroid dienone is 4. The van der Waals surface area contributed by atoms with E-state index in [1.54, 1.807) is 25.4 Å². The number of aliphatic hydroxyl groups is 1. The van der Waals surface area contributed by atoms with Crippen molar-refractivity contribution in [1.82, 2.24) is 20.6 Å². The number of fused-ring (bicyclic) bond motifs is 1. The monoisotopic (exact) mass is 398 g/mol. The third-order valence-electron chi connectivity index (χ3n) is 4.67. The van der Waals surface area contributed by atoms with E-state index in [0.29, 0.717) is 12.2 Å². The molecule has 156 valence electrons. The molecule has 1 saturated heterocycles. The predicted octanol–water partition coefficient (Wildman–Crippen LogP) is 5.09. The van der Waals surface area contributed by atoms with E-state index in [2.05, 4.69) is 20.6 Å². The first-order valence-electron chi connectivity index (χ1n) is 10.1. The molecule has 3 N–H and O–H groups in total. The normalized spacial score (nSPS) is 15.6. The molecular weight excluding hydrogens is 367 g/mol. The van der Waals surface area contributed by atoms with Gasteiger partial charge in [-0.1, -0.05) is 24.6 Å². The number of benzene rings is 1. The lowest BCUT2D eigenvalue weighted by molar-refractivity contribution is 0.388. The molecule has 0 spiro atoms. The van der Waals surface area contributed by atoms with E-state index in [4.69, 9.17) is 0 Å². The smallest absolute Gasteiger partial charge is 0.174 e. The van der Waals surface area contributed by atoms with Crippen LogP contribution in [0, 0.1) is 0 Å². The number of rotatable bonds is 6. The average molecular weight is 399 g/mol. The van der Waals surface area contributed by atoms with Crippen molar-refractivity contribution in [3.8, 4) is 0 Å². The Morgan fingerprint density at radius 3 is 2.48 bits per heavy atom. The molecule has 1 aliphatic rings. The molecule has 2 heterocycles. The molecular formula is C23H31FN4O. The fourth-order valence-corrected chi connectivity index (χ4v) is 2.78. The first-order chi connectivity index (χ1) is 14.0. The lowest BCUT2D eigenvalue weighted by Gasteiger charge is -2.11. The van der Waals surface area contributed by atoms with Gasteiger partial charge in [0.2, 0.25) is 0 Å². The van der Waals surface area contributed by atoms with Crippen molar-refractivity contribution >= 4 is 11.0 Å². The Labute approximate surface area is 172 Å². The van der Waals surface area contributed by atoms with Crippen molar-refractivity contribution < 1.29 is 9.50 Å². The molecule has 29 heavy (non-hydrogen) atoms. The second-order valence-corrected chi connectivity index (χ2v) is 6.93. The lowest BCUT2D eigenvalue weighted by atomic mass is 10.1. The van der Waals surface area contributed by atoms with Gasteiger partial charge in [-0.25, -0.2) is 4.39 Å². The number of nitrogens with zero attached hydrogens (tertiary/aromatic N) is 2. The summed E-state index contributed by atoms with van der Waals surface area (Å²) >= 11 is 0. The summed E-state index contributed by atoms with van der Waals surface area (Å²) < 4.78 is 14.1. The second kappa shape index (κ2) is 12.0. The summed E-state index contributed by atoms with van der Waals surface area (Å²) in [4.78, 5) is 8.49. The van der Waals surface area contributed by atoms with Crippen LogP contribution in [0.5, 0.6) is 0 Å². The number of halogens is 1. The van der Waals surface area contributed by atoms with Crippen molar-refractivity contribution in [2.24, 2.45) is 0 Å². The molecule has 5 nitrogen and oxygen atoms in total. The van der Waals surface area contributed by atoms with Gasteiger partial charge < -0.3 is 15.7 Å². The average Bonchev–Trinajstić information content (AvgIpc) is 3.34. The van der Waals surface area contributed by atoms with Crippen LogP contribution in [0.1, 0.15) is 45.6 Å². The molecule has 0 radical (unpaired) electrons. The van der Waals surface area contributed by atoms with Crippen molar-refractivity contribution in [3.05, 3.63) is 71.2 Å². The topological polar surface area (TPSA) is 70.1 Å². The van der Waals surface area contributed by atoms with Crippen LogP contribution < -0.4 is 10.6 Å². The predicted molar refractivity (Wildman–Crippen MR) is 117 cm³/mol. The van der Waals surface area contributed by atoms with E-state index in [1.807, 2.05) is 32.0 Å². The summed E-state index contributed by atoms with van der Waals surface area (Å²) in [5.41, 5.74) is 3.80. The van der Waals surface area contributed by atoms with Crippen LogP contribution in [-0.2, 0) is 6.54 Å². The maximum absolute atomic E-state index is 14.1. The largest absolute Gasteiger partial charge is 0.503 e. The number of aliphatic hydroxyl groups excluding tert-OH is 1. The highest BCUT2D eigenvalue weighted by atomic mass is 19.1. The van der Waals surface area contributed by atoms with Crippen LogP contribution in [0.25, 0.3) is 11.0 Å². The van der Waals surface area contributed by atoms with Gasteiger partial charge in [-0.15, -0.1) is 0 Å². The standard InChI is InChI=1S/C19H22FN3O.C4H9N/c1-4-13(3)10-15(20)19(24)16(5-2)23-12-14-6-7-17-18(11-14)22-9-8-21-17;1-2-4-5-3-1/h5-11,23-24H,4,12H2,1-3H3;5H,1-4H2/b13-10+,16-5+,19-15-;. The van der Waals surface area contributed by atoms with E-state index >= 15 is 0 Å². The van der Waals surface area contributed by atoms with Crippen LogP contribution in [0.4, 0.5) is 4.39 Å². The van der Waals surface area contributed by atoms with E-state index in [1.165, 1.54) is 32.0 Å². The molecule has 0 bridgehead atoms. The lowest BCUT2D eigenvalue weighted by Crippen LogP contribution is -2.15. The Morgan fingerprint density at radius 2 is 1.90 bits per heavy atom. The molecule has 0 amide bonds. The fourth-order valence-electron chi connectivity index (χ4n) is 2.78. The Bertz CT molecular complexity index is 878. The Hall–Kier alpha value is -2.73. The van der Waals surface area contributed by atoms with E-state index in [9.17, 15) is 9.50 Å². The molecule has 1 fully saturated rings. The minimum atomic E-state index is -0.640. The minimum absolute atomic E-state index is 0.354. The number of hydrogen-bond donors (Lipinski definition) is 3. The van der Waals surface area contributed by atoms with E-state index < -0.39 is 5.83 Å². The van der Waals surface area contributed by atoms with Crippen LogP contribution in [0.15, 0.2) is 65.6 Å². The summed E-state index contributed by atoms with van der Waals surface area (Å²) in [6.07, 6.45) is 9.80. The molecule has 0 atom stereocenters. The van der Waals surface area contributed by atoms with Gasteiger partial charge in [0.1, 0.15) is 0 Å².